The number of nitrogens with one attached hydrogen (secondary N) is 1. The minimum Gasteiger partial charge on any atom is -0.495 e. The fourth-order valence-corrected chi connectivity index (χ4v) is 3.91. The van der Waals surface area contributed by atoms with E-state index >= 15 is 0 Å². The molecule has 7 nitrogen and oxygen atoms in total. The summed E-state index contributed by atoms with van der Waals surface area (Å²) >= 11 is 6.15. The van der Waals surface area contributed by atoms with E-state index in [-0.39, 0.29) is 12.5 Å². The van der Waals surface area contributed by atoms with Gasteiger partial charge in [-0.2, -0.15) is 0 Å². The fourth-order valence-electron chi connectivity index (χ4n) is 3.65. The number of ether oxygens (including phenoxy) is 2. The molecule has 1 aliphatic rings. The van der Waals surface area contributed by atoms with Crippen molar-refractivity contribution in [2.75, 3.05) is 19.0 Å². The number of carbonyl (C=O) groups excluding carboxylic acids is 3. The summed E-state index contributed by atoms with van der Waals surface area (Å²) < 4.78 is 10.7. The molecule has 0 saturated carbocycles. The van der Waals surface area contributed by atoms with Crippen LogP contribution in [0.15, 0.2) is 79.4 Å². The molecule has 0 fully saturated rings. The number of hydrogen-bond donors (Lipinski definition) is 1. The maximum absolute atomic E-state index is 13.1. The maximum Gasteiger partial charge on any atom is 0.327 e. The Morgan fingerprint density at radius 3 is 2.35 bits per heavy atom. The Morgan fingerprint density at radius 2 is 1.71 bits per heavy atom. The normalized spacial score (nSPS) is 13.3. The van der Waals surface area contributed by atoms with Crippen molar-refractivity contribution in [2.45, 2.75) is 6.10 Å². The van der Waals surface area contributed by atoms with Crippen molar-refractivity contribution in [1.29, 1.82) is 0 Å². The molecule has 3 aromatic carbocycles. The molecule has 1 heterocycles. The molecular formula is C26H21ClN2O5. The summed E-state index contributed by atoms with van der Waals surface area (Å²) in [5.41, 5.74) is 2.42. The van der Waals surface area contributed by atoms with Gasteiger partial charge in [0.05, 0.1) is 12.1 Å². The first kappa shape index (κ1) is 23.1. The van der Waals surface area contributed by atoms with Crippen LogP contribution in [0.1, 0.15) is 27.6 Å². The Bertz CT molecular complexity index is 1240. The lowest BCUT2D eigenvalue weighted by molar-refractivity contribution is -0.154. The van der Waals surface area contributed by atoms with Crippen LogP contribution >= 0.6 is 11.6 Å². The summed E-state index contributed by atoms with van der Waals surface area (Å²) in [6.07, 6.45) is -1.25. The molecule has 172 valence electrons. The average molecular weight is 477 g/mol. The highest BCUT2D eigenvalue weighted by Gasteiger charge is 2.34. The molecule has 34 heavy (non-hydrogen) atoms. The number of methoxy groups -OCH3 is 1. The first-order valence-electron chi connectivity index (χ1n) is 10.4. The molecule has 3 aromatic rings. The Balaban J connectivity index is 1.51. The highest BCUT2D eigenvalue weighted by Crippen LogP contribution is 2.32. The largest absolute Gasteiger partial charge is 0.495 e. The number of carbonyl (C=O) groups is 3. The molecule has 1 atom stereocenters. The second kappa shape index (κ2) is 9.80. The zero-order valence-corrected chi connectivity index (χ0v) is 19.0. The molecule has 1 aliphatic heterocycles. The van der Waals surface area contributed by atoms with Crippen LogP contribution in [0.2, 0.25) is 5.02 Å². The van der Waals surface area contributed by atoms with Crippen LogP contribution in [0.3, 0.4) is 0 Å². The van der Waals surface area contributed by atoms with E-state index in [9.17, 15) is 14.4 Å². The molecule has 2 amide bonds. The second-order valence-corrected chi connectivity index (χ2v) is 7.91. The van der Waals surface area contributed by atoms with Gasteiger partial charge in [0.15, 0.2) is 0 Å². The number of rotatable bonds is 7. The fraction of sp³-hybridized carbons (Fsp3) is 0.115. The van der Waals surface area contributed by atoms with Gasteiger partial charge in [-0.15, -0.1) is 0 Å². The first-order chi connectivity index (χ1) is 16.4. The number of amides is 2. The third-order valence-electron chi connectivity index (χ3n) is 5.34. The van der Waals surface area contributed by atoms with E-state index in [1.807, 2.05) is 0 Å². The van der Waals surface area contributed by atoms with Crippen LogP contribution in [0.25, 0.3) is 5.70 Å². The van der Waals surface area contributed by atoms with Gasteiger partial charge in [-0.1, -0.05) is 66.7 Å². The van der Waals surface area contributed by atoms with Crippen molar-refractivity contribution in [3.05, 3.63) is 101 Å². The van der Waals surface area contributed by atoms with Gasteiger partial charge in [0, 0.05) is 28.1 Å². The zero-order valence-electron chi connectivity index (χ0n) is 18.3. The smallest absolute Gasteiger partial charge is 0.327 e. The van der Waals surface area contributed by atoms with Crippen molar-refractivity contribution in [3.8, 4) is 5.75 Å². The van der Waals surface area contributed by atoms with Crippen LogP contribution < -0.4 is 10.1 Å². The minimum absolute atomic E-state index is 0.319. The number of benzene rings is 3. The van der Waals surface area contributed by atoms with Crippen LogP contribution in [-0.4, -0.2) is 36.3 Å². The molecule has 0 aliphatic carbocycles. The maximum atomic E-state index is 13.1. The van der Waals surface area contributed by atoms with Gasteiger partial charge in [-0.25, -0.2) is 0 Å². The number of hydrogen-bond acceptors (Lipinski definition) is 5. The molecule has 4 rings (SSSR count). The van der Waals surface area contributed by atoms with Gasteiger partial charge in [-0.3, -0.25) is 19.3 Å². The third-order valence-corrected chi connectivity index (χ3v) is 5.63. The summed E-state index contributed by atoms with van der Waals surface area (Å²) in [6.45, 7) is 3.55. The molecule has 0 bridgehead atoms. The van der Waals surface area contributed by atoms with E-state index in [1.165, 1.54) is 18.1 Å². The monoisotopic (exact) mass is 476 g/mol. The van der Waals surface area contributed by atoms with Gasteiger partial charge >= 0.3 is 5.97 Å². The number of esters is 1. The van der Waals surface area contributed by atoms with Gasteiger partial charge in [0.1, 0.15) is 12.3 Å². The van der Waals surface area contributed by atoms with E-state index in [4.69, 9.17) is 21.1 Å². The number of anilines is 1. The minimum atomic E-state index is -1.25. The molecule has 0 radical (unpaired) electrons. The van der Waals surface area contributed by atoms with Crippen molar-refractivity contribution in [3.63, 3.8) is 0 Å². The Hall–Kier alpha value is -4.10. The van der Waals surface area contributed by atoms with Crippen LogP contribution in [0, 0.1) is 0 Å². The zero-order chi connectivity index (χ0) is 24.2. The number of fused-ring (bicyclic) bond motifs is 1. The molecule has 8 heteroatoms. The predicted octanol–water partition coefficient (Wildman–Crippen LogP) is 4.70. The molecule has 1 N–H and O–H groups in total. The first-order valence-corrected chi connectivity index (χ1v) is 10.8. The topological polar surface area (TPSA) is 84.9 Å². The molecule has 1 unspecified atom stereocenters. The Morgan fingerprint density at radius 1 is 1.03 bits per heavy atom. The highest BCUT2D eigenvalue weighted by atomic mass is 35.5. The number of halogens is 1. The van der Waals surface area contributed by atoms with Crippen LogP contribution in [0.5, 0.6) is 5.75 Å². The lowest BCUT2D eigenvalue weighted by atomic mass is 10.1. The van der Waals surface area contributed by atoms with E-state index < -0.39 is 18.0 Å². The number of nitrogens with zero attached hydrogens (tertiary/aromatic N) is 1. The predicted molar refractivity (Wildman–Crippen MR) is 128 cm³/mol. The van der Waals surface area contributed by atoms with Crippen LogP contribution in [-0.2, 0) is 14.3 Å². The van der Waals surface area contributed by atoms with E-state index in [1.54, 1.807) is 66.7 Å². The molecule has 0 spiro atoms. The third kappa shape index (κ3) is 4.65. The lowest BCUT2D eigenvalue weighted by Gasteiger charge is -2.21. The molecule has 0 aromatic heterocycles. The van der Waals surface area contributed by atoms with E-state index in [2.05, 4.69) is 11.9 Å². The molecular weight excluding hydrogens is 456 g/mol. The standard InChI is InChI=1S/C26H21ClN2O5/c1-16-19-10-6-7-11-20(19)26(32)29(16)15-23(30)34-24(17-8-4-3-5-9-17)25(31)28-18-12-13-22(33-2)21(27)14-18/h3-14,24H,1,15H2,2H3,(H,28,31). The second-order valence-electron chi connectivity index (χ2n) is 7.50. The van der Waals surface area contributed by atoms with Gasteiger partial charge < -0.3 is 14.8 Å². The van der Waals surface area contributed by atoms with E-state index in [0.29, 0.717) is 38.8 Å². The van der Waals surface area contributed by atoms with Crippen molar-refractivity contribution < 1.29 is 23.9 Å². The van der Waals surface area contributed by atoms with Crippen molar-refractivity contribution >= 4 is 40.8 Å². The van der Waals surface area contributed by atoms with E-state index in [0.717, 1.165) is 0 Å². The van der Waals surface area contributed by atoms with Crippen LogP contribution in [0.4, 0.5) is 5.69 Å². The van der Waals surface area contributed by atoms with Gasteiger partial charge in [0.2, 0.25) is 6.10 Å². The quantitative estimate of drug-likeness (QED) is 0.500. The molecule has 0 saturated heterocycles. The van der Waals surface area contributed by atoms with Gasteiger partial charge in [0.25, 0.3) is 11.8 Å². The summed E-state index contributed by atoms with van der Waals surface area (Å²) in [5, 5.41) is 3.03. The SMILES string of the molecule is C=C1c2ccccc2C(=O)N1CC(=O)OC(C(=O)Nc1ccc(OC)c(Cl)c1)c1ccccc1. The van der Waals surface area contributed by atoms with Gasteiger partial charge in [-0.05, 0) is 24.3 Å². The summed E-state index contributed by atoms with van der Waals surface area (Å²) in [6, 6.07) is 20.3. The summed E-state index contributed by atoms with van der Waals surface area (Å²) in [5.74, 6) is -1.21. The summed E-state index contributed by atoms with van der Waals surface area (Å²) in [7, 11) is 1.49. The average Bonchev–Trinajstić information content (AvgIpc) is 3.08. The Labute approximate surface area is 201 Å². The summed E-state index contributed by atoms with van der Waals surface area (Å²) in [4.78, 5) is 39.9. The van der Waals surface area contributed by atoms with Crippen molar-refractivity contribution in [1.82, 2.24) is 4.90 Å². The lowest BCUT2D eigenvalue weighted by Crippen LogP contribution is -2.33. The van der Waals surface area contributed by atoms with Crippen molar-refractivity contribution in [2.24, 2.45) is 0 Å². The highest BCUT2D eigenvalue weighted by molar-refractivity contribution is 6.32. The Kier molecular flexibility index (Phi) is 6.65.